The zero-order chi connectivity index (χ0) is 9.52. The van der Waals surface area contributed by atoms with Crippen LogP contribution >= 0.6 is 23.4 Å². The molecule has 0 amide bonds. The van der Waals surface area contributed by atoms with Crippen molar-refractivity contribution in [2.45, 2.75) is 11.8 Å². The molecule has 0 aromatic heterocycles. The molecule has 0 fully saturated rings. The molecule has 1 N–H and O–H groups in total. The number of benzene rings is 1. The topological polar surface area (TPSA) is 12.0 Å². The molecule has 1 aromatic carbocycles. The van der Waals surface area contributed by atoms with Gasteiger partial charge in [0.25, 0.3) is 0 Å². The monoisotopic (exact) mass is 215 g/mol. The first kappa shape index (κ1) is 10.9. The van der Waals surface area contributed by atoms with Crippen molar-refractivity contribution in [2.24, 2.45) is 0 Å². The van der Waals surface area contributed by atoms with Crippen molar-refractivity contribution in [3.05, 3.63) is 29.3 Å². The Balaban J connectivity index is 2.28. The molecule has 0 aliphatic carbocycles. The van der Waals surface area contributed by atoms with Gasteiger partial charge in [-0.2, -0.15) is 0 Å². The molecule has 72 valence electrons. The fraction of sp³-hybridized carbons (Fsp3) is 0.400. The maximum atomic E-state index is 5.86. The third-order valence-electron chi connectivity index (χ3n) is 1.59. The van der Waals surface area contributed by atoms with Crippen LogP contribution in [0.5, 0.6) is 0 Å². The largest absolute Gasteiger partial charge is 0.316 e. The van der Waals surface area contributed by atoms with Crippen molar-refractivity contribution in [3.63, 3.8) is 0 Å². The molecule has 0 saturated carbocycles. The molecule has 0 spiro atoms. The Morgan fingerprint density at radius 1 is 1.46 bits per heavy atom. The Bertz CT molecular complexity index is 252. The van der Waals surface area contributed by atoms with E-state index in [0.29, 0.717) is 0 Å². The molecule has 13 heavy (non-hydrogen) atoms. The van der Waals surface area contributed by atoms with Gasteiger partial charge in [-0.15, -0.1) is 11.8 Å². The van der Waals surface area contributed by atoms with Crippen molar-refractivity contribution in [1.29, 1.82) is 0 Å². The Morgan fingerprint density at radius 3 is 3.00 bits per heavy atom. The van der Waals surface area contributed by atoms with Crippen molar-refractivity contribution >= 4 is 23.4 Å². The van der Waals surface area contributed by atoms with Crippen molar-refractivity contribution < 1.29 is 0 Å². The van der Waals surface area contributed by atoms with E-state index in [4.69, 9.17) is 11.6 Å². The summed E-state index contributed by atoms with van der Waals surface area (Å²) >= 11 is 7.68. The molecule has 0 aliphatic rings. The fourth-order valence-electron chi connectivity index (χ4n) is 0.975. The lowest BCUT2D eigenvalue weighted by molar-refractivity contribution is 0.768. The summed E-state index contributed by atoms with van der Waals surface area (Å²) in [4.78, 5) is 1.24. The minimum Gasteiger partial charge on any atom is -0.316 e. The van der Waals surface area contributed by atoms with Crippen LogP contribution in [0.4, 0.5) is 0 Å². The molecular formula is C10H14ClNS. The molecule has 1 aromatic rings. The summed E-state index contributed by atoms with van der Waals surface area (Å²) in [5.74, 6) is 1.09. The lowest BCUT2D eigenvalue weighted by Crippen LogP contribution is -2.15. The van der Waals surface area contributed by atoms with Crippen LogP contribution in [0.15, 0.2) is 29.2 Å². The molecular weight excluding hydrogens is 202 g/mol. The van der Waals surface area contributed by atoms with E-state index in [0.717, 1.165) is 23.9 Å². The van der Waals surface area contributed by atoms with Gasteiger partial charge in [-0.05, 0) is 24.7 Å². The highest BCUT2D eigenvalue weighted by atomic mass is 35.5. The van der Waals surface area contributed by atoms with Gasteiger partial charge in [0.1, 0.15) is 0 Å². The molecule has 0 radical (unpaired) electrons. The zero-order valence-electron chi connectivity index (χ0n) is 7.72. The summed E-state index contributed by atoms with van der Waals surface area (Å²) in [6.45, 7) is 4.20. The van der Waals surface area contributed by atoms with E-state index in [1.165, 1.54) is 4.90 Å². The lowest BCUT2D eigenvalue weighted by atomic mass is 10.4. The summed E-state index contributed by atoms with van der Waals surface area (Å²) in [5, 5.41) is 4.09. The van der Waals surface area contributed by atoms with E-state index in [-0.39, 0.29) is 0 Å². The highest BCUT2D eigenvalue weighted by Crippen LogP contribution is 2.20. The van der Waals surface area contributed by atoms with Crippen LogP contribution < -0.4 is 5.32 Å². The number of thioether (sulfide) groups is 1. The second-order valence-corrected chi connectivity index (χ2v) is 4.26. The van der Waals surface area contributed by atoms with Crippen LogP contribution in [-0.2, 0) is 0 Å². The van der Waals surface area contributed by atoms with E-state index in [2.05, 4.69) is 18.3 Å². The second-order valence-electron chi connectivity index (χ2n) is 2.66. The number of halogens is 1. The molecule has 0 bridgehead atoms. The third-order valence-corrected chi connectivity index (χ3v) is 2.82. The molecule has 0 saturated heterocycles. The Hall–Kier alpha value is -0.180. The summed E-state index contributed by atoms with van der Waals surface area (Å²) in [5.41, 5.74) is 0. The number of rotatable bonds is 5. The Morgan fingerprint density at radius 2 is 2.31 bits per heavy atom. The summed E-state index contributed by atoms with van der Waals surface area (Å²) < 4.78 is 0. The van der Waals surface area contributed by atoms with Crippen LogP contribution in [0.1, 0.15) is 6.92 Å². The first-order valence-electron chi connectivity index (χ1n) is 4.42. The van der Waals surface area contributed by atoms with E-state index in [9.17, 15) is 0 Å². The standard InChI is InChI=1S/C10H14ClNS/c1-2-12-6-7-13-10-5-3-4-9(11)8-10/h3-5,8,12H,2,6-7H2,1H3. The van der Waals surface area contributed by atoms with Crippen LogP contribution in [0.25, 0.3) is 0 Å². The van der Waals surface area contributed by atoms with Crippen molar-refractivity contribution in [1.82, 2.24) is 5.32 Å². The summed E-state index contributed by atoms with van der Waals surface area (Å²) in [6.07, 6.45) is 0. The van der Waals surface area contributed by atoms with Crippen LogP contribution in [-0.4, -0.2) is 18.8 Å². The lowest BCUT2D eigenvalue weighted by Gasteiger charge is -2.02. The molecule has 0 atom stereocenters. The highest BCUT2D eigenvalue weighted by molar-refractivity contribution is 7.99. The Labute approximate surface area is 88.9 Å². The van der Waals surface area contributed by atoms with Gasteiger partial charge in [-0.1, -0.05) is 24.6 Å². The van der Waals surface area contributed by atoms with Gasteiger partial charge in [-0.3, -0.25) is 0 Å². The van der Waals surface area contributed by atoms with Gasteiger partial charge in [0.2, 0.25) is 0 Å². The molecule has 3 heteroatoms. The molecule has 0 heterocycles. The minimum atomic E-state index is 0.813. The van der Waals surface area contributed by atoms with E-state index >= 15 is 0 Å². The molecule has 1 rings (SSSR count). The van der Waals surface area contributed by atoms with Gasteiger partial charge in [0.05, 0.1) is 0 Å². The van der Waals surface area contributed by atoms with E-state index < -0.39 is 0 Å². The van der Waals surface area contributed by atoms with Gasteiger partial charge in [0.15, 0.2) is 0 Å². The Kier molecular flexibility index (Phi) is 5.28. The first-order chi connectivity index (χ1) is 6.33. The minimum absolute atomic E-state index is 0.813. The quantitative estimate of drug-likeness (QED) is 0.599. The highest BCUT2D eigenvalue weighted by Gasteiger charge is 1.93. The zero-order valence-corrected chi connectivity index (χ0v) is 9.29. The average Bonchev–Trinajstić information content (AvgIpc) is 2.13. The molecule has 0 aliphatic heterocycles. The smallest absolute Gasteiger partial charge is 0.0417 e. The summed E-state index contributed by atoms with van der Waals surface area (Å²) in [7, 11) is 0. The van der Waals surface area contributed by atoms with E-state index in [1.54, 1.807) is 0 Å². The van der Waals surface area contributed by atoms with Gasteiger partial charge in [-0.25, -0.2) is 0 Å². The van der Waals surface area contributed by atoms with Gasteiger partial charge < -0.3 is 5.32 Å². The molecule has 1 nitrogen and oxygen atoms in total. The van der Waals surface area contributed by atoms with Crippen LogP contribution in [0.3, 0.4) is 0 Å². The average molecular weight is 216 g/mol. The van der Waals surface area contributed by atoms with E-state index in [1.807, 2.05) is 30.0 Å². The predicted octanol–water partition coefficient (Wildman–Crippen LogP) is 3.04. The maximum Gasteiger partial charge on any atom is 0.0417 e. The van der Waals surface area contributed by atoms with Gasteiger partial charge in [0, 0.05) is 22.2 Å². The third kappa shape index (κ3) is 4.55. The fourth-order valence-corrected chi connectivity index (χ4v) is 2.10. The second kappa shape index (κ2) is 6.30. The predicted molar refractivity (Wildman–Crippen MR) is 60.7 cm³/mol. The maximum absolute atomic E-state index is 5.86. The van der Waals surface area contributed by atoms with Crippen LogP contribution in [0.2, 0.25) is 5.02 Å². The van der Waals surface area contributed by atoms with Crippen molar-refractivity contribution in [3.8, 4) is 0 Å². The molecule has 0 unspecified atom stereocenters. The first-order valence-corrected chi connectivity index (χ1v) is 5.78. The van der Waals surface area contributed by atoms with Crippen LogP contribution in [0, 0.1) is 0 Å². The number of hydrogen-bond acceptors (Lipinski definition) is 2. The van der Waals surface area contributed by atoms with Crippen molar-refractivity contribution in [2.75, 3.05) is 18.8 Å². The SMILES string of the molecule is CCNCCSc1cccc(Cl)c1. The number of nitrogens with one attached hydrogen (secondary N) is 1. The van der Waals surface area contributed by atoms with Gasteiger partial charge >= 0.3 is 0 Å². The summed E-state index contributed by atoms with van der Waals surface area (Å²) in [6, 6.07) is 7.97. The normalized spacial score (nSPS) is 10.3. The number of hydrogen-bond donors (Lipinski definition) is 1.